The molecule has 1 fully saturated rings. The van der Waals surface area contributed by atoms with Crippen molar-refractivity contribution in [3.63, 3.8) is 0 Å². The number of aryl methyl sites for hydroxylation is 1. The Balaban J connectivity index is 0.00000176. The van der Waals surface area contributed by atoms with E-state index in [2.05, 4.69) is 17.3 Å². The summed E-state index contributed by atoms with van der Waals surface area (Å²) in [6.07, 6.45) is 3.79. The average molecular weight is 321 g/mol. The fraction of sp³-hybridized carbons (Fsp3) is 0.375. The smallest absolute Gasteiger partial charge is 0.254 e. The van der Waals surface area contributed by atoms with Gasteiger partial charge in [-0.3, -0.25) is 4.79 Å². The molecule has 0 spiro atoms. The number of nitrogens with zero attached hydrogens (tertiary/aromatic N) is 3. The molecule has 0 aliphatic carbocycles. The second-order valence-corrected chi connectivity index (χ2v) is 5.56. The number of hydrogen-bond acceptors (Lipinski definition) is 3. The van der Waals surface area contributed by atoms with Crippen molar-refractivity contribution in [3.8, 4) is 5.69 Å². The minimum absolute atomic E-state index is 0. The summed E-state index contributed by atoms with van der Waals surface area (Å²) in [5.41, 5.74) is 2.81. The molecule has 1 amide bonds. The first-order valence-electron chi connectivity index (χ1n) is 7.28. The quantitative estimate of drug-likeness (QED) is 0.921. The average Bonchev–Trinajstić information content (AvgIpc) is 2.94. The number of benzene rings is 1. The van der Waals surface area contributed by atoms with Gasteiger partial charge in [0.2, 0.25) is 0 Å². The van der Waals surface area contributed by atoms with Crippen molar-refractivity contribution in [1.82, 2.24) is 20.0 Å². The number of nitrogens with one attached hydrogen (secondary N) is 1. The molecular formula is C16H21ClN4O. The number of aromatic nitrogens is 2. The monoisotopic (exact) mass is 320 g/mol. The van der Waals surface area contributed by atoms with Gasteiger partial charge in [0.1, 0.15) is 0 Å². The third kappa shape index (κ3) is 3.31. The van der Waals surface area contributed by atoms with Crippen LogP contribution in [0.25, 0.3) is 5.69 Å². The highest BCUT2D eigenvalue weighted by molar-refractivity contribution is 5.94. The van der Waals surface area contributed by atoms with Crippen molar-refractivity contribution < 1.29 is 4.79 Å². The molecular weight excluding hydrogens is 300 g/mol. The zero-order valence-electron chi connectivity index (χ0n) is 12.8. The van der Waals surface area contributed by atoms with E-state index in [0.29, 0.717) is 0 Å². The number of carbonyl (C=O) groups excluding carboxylic acids is 1. The van der Waals surface area contributed by atoms with Crippen molar-refractivity contribution in [2.24, 2.45) is 0 Å². The molecule has 1 saturated heterocycles. The lowest BCUT2D eigenvalue weighted by molar-refractivity contribution is 0.0656. The van der Waals surface area contributed by atoms with Crippen molar-refractivity contribution >= 4 is 18.3 Å². The Morgan fingerprint density at radius 3 is 2.64 bits per heavy atom. The molecule has 0 bridgehead atoms. The molecule has 1 N–H and O–H groups in total. The predicted octanol–water partition coefficient (Wildman–Crippen LogP) is 2.04. The first kappa shape index (κ1) is 16.5. The summed E-state index contributed by atoms with van der Waals surface area (Å²) in [5, 5.41) is 7.57. The number of amides is 1. The van der Waals surface area contributed by atoms with E-state index in [1.165, 1.54) is 0 Å². The predicted molar refractivity (Wildman–Crippen MR) is 88.9 cm³/mol. The maximum atomic E-state index is 12.5. The Morgan fingerprint density at radius 2 is 2.05 bits per heavy atom. The van der Waals surface area contributed by atoms with Crippen LogP contribution in [0.2, 0.25) is 0 Å². The van der Waals surface area contributed by atoms with E-state index in [1.807, 2.05) is 53.2 Å². The van der Waals surface area contributed by atoms with Gasteiger partial charge in [-0.2, -0.15) is 5.10 Å². The Morgan fingerprint density at radius 1 is 1.32 bits per heavy atom. The van der Waals surface area contributed by atoms with Crippen LogP contribution in [0.3, 0.4) is 0 Å². The maximum Gasteiger partial charge on any atom is 0.254 e. The summed E-state index contributed by atoms with van der Waals surface area (Å²) < 4.78 is 1.82. The third-order valence-corrected chi connectivity index (χ3v) is 3.85. The summed E-state index contributed by atoms with van der Waals surface area (Å²) in [6.45, 7) is 6.56. The second-order valence-electron chi connectivity index (χ2n) is 5.56. The molecule has 6 heteroatoms. The Hall–Kier alpha value is -1.85. The molecule has 0 saturated carbocycles. The number of halogens is 1. The fourth-order valence-electron chi connectivity index (χ4n) is 2.62. The Bertz CT molecular complexity index is 638. The van der Waals surface area contributed by atoms with E-state index < -0.39 is 0 Å². The molecule has 2 aromatic rings. The van der Waals surface area contributed by atoms with Crippen LogP contribution in [-0.2, 0) is 0 Å². The minimum Gasteiger partial charge on any atom is -0.333 e. The highest BCUT2D eigenvalue weighted by Gasteiger charge is 2.23. The van der Waals surface area contributed by atoms with Crippen molar-refractivity contribution in [1.29, 1.82) is 0 Å². The molecule has 118 valence electrons. The highest BCUT2D eigenvalue weighted by Crippen LogP contribution is 2.14. The van der Waals surface area contributed by atoms with E-state index in [-0.39, 0.29) is 24.4 Å². The molecule has 0 radical (unpaired) electrons. The van der Waals surface area contributed by atoms with Crippen LogP contribution in [-0.4, -0.2) is 46.3 Å². The lowest BCUT2D eigenvalue weighted by Gasteiger charge is -2.34. The van der Waals surface area contributed by atoms with Crippen LogP contribution < -0.4 is 5.32 Å². The molecule has 5 nitrogen and oxygen atoms in total. The van der Waals surface area contributed by atoms with Crippen molar-refractivity contribution in [2.75, 3.05) is 19.6 Å². The van der Waals surface area contributed by atoms with Gasteiger partial charge in [-0.25, -0.2) is 4.68 Å². The first-order chi connectivity index (χ1) is 10.1. The minimum atomic E-state index is 0. The van der Waals surface area contributed by atoms with E-state index >= 15 is 0 Å². The van der Waals surface area contributed by atoms with Crippen LogP contribution >= 0.6 is 12.4 Å². The van der Waals surface area contributed by atoms with Crippen LogP contribution in [0.4, 0.5) is 0 Å². The lowest BCUT2D eigenvalue weighted by Crippen LogP contribution is -2.52. The van der Waals surface area contributed by atoms with E-state index in [1.54, 1.807) is 0 Å². The first-order valence-corrected chi connectivity index (χ1v) is 7.28. The van der Waals surface area contributed by atoms with Gasteiger partial charge in [0.25, 0.3) is 5.91 Å². The van der Waals surface area contributed by atoms with E-state index in [9.17, 15) is 4.79 Å². The SMILES string of the molecule is Cc1cnn(-c2ccc(C(=O)N3CCNC[C@@H]3C)cc2)c1.Cl. The maximum absolute atomic E-state index is 12.5. The summed E-state index contributed by atoms with van der Waals surface area (Å²) in [5.74, 6) is 0.104. The number of piperazine rings is 1. The normalized spacial score (nSPS) is 17.9. The summed E-state index contributed by atoms with van der Waals surface area (Å²) >= 11 is 0. The number of rotatable bonds is 2. The van der Waals surface area contributed by atoms with Crippen LogP contribution in [0.5, 0.6) is 0 Å². The van der Waals surface area contributed by atoms with Crippen LogP contribution in [0, 0.1) is 6.92 Å². The summed E-state index contributed by atoms with van der Waals surface area (Å²) in [6, 6.07) is 7.87. The van der Waals surface area contributed by atoms with Gasteiger partial charge >= 0.3 is 0 Å². The van der Waals surface area contributed by atoms with Gasteiger partial charge < -0.3 is 10.2 Å². The lowest BCUT2D eigenvalue weighted by atomic mass is 10.1. The summed E-state index contributed by atoms with van der Waals surface area (Å²) in [4.78, 5) is 14.5. The molecule has 1 atom stereocenters. The molecule has 1 aromatic heterocycles. The van der Waals surface area contributed by atoms with Crippen molar-refractivity contribution in [2.45, 2.75) is 19.9 Å². The largest absolute Gasteiger partial charge is 0.333 e. The van der Waals surface area contributed by atoms with E-state index in [4.69, 9.17) is 0 Å². The molecule has 0 unspecified atom stereocenters. The molecule has 1 aliphatic rings. The fourth-order valence-corrected chi connectivity index (χ4v) is 2.62. The zero-order chi connectivity index (χ0) is 14.8. The van der Waals surface area contributed by atoms with Gasteiger partial charge in [-0.05, 0) is 43.7 Å². The van der Waals surface area contributed by atoms with Gasteiger partial charge in [0, 0.05) is 37.4 Å². The molecule has 22 heavy (non-hydrogen) atoms. The molecule has 3 rings (SSSR count). The van der Waals surface area contributed by atoms with Crippen LogP contribution in [0.1, 0.15) is 22.8 Å². The van der Waals surface area contributed by atoms with Gasteiger partial charge in [-0.15, -0.1) is 12.4 Å². The van der Waals surface area contributed by atoms with Crippen LogP contribution in [0.15, 0.2) is 36.7 Å². The zero-order valence-corrected chi connectivity index (χ0v) is 13.6. The molecule has 1 aliphatic heterocycles. The van der Waals surface area contributed by atoms with Gasteiger partial charge in [0.05, 0.1) is 11.9 Å². The second kappa shape index (κ2) is 6.94. The highest BCUT2D eigenvalue weighted by atomic mass is 35.5. The standard InChI is InChI=1S/C16H20N4O.ClH/c1-12-9-18-20(11-12)15-5-3-14(4-6-15)16(21)19-8-7-17-10-13(19)2;/h3-6,9,11,13,17H,7-8,10H2,1-2H3;1H/t13-;/m0./s1. The number of hydrogen-bond donors (Lipinski definition) is 1. The van der Waals surface area contributed by atoms with Gasteiger partial charge in [-0.1, -0.05) is 0 Å². The van der Waals surface area contributed by atoms with Crippen molar-refractivity contribution in [3.05, 3.63) is 47.8 Å². The topological polar surface area (TPSA) is 50.2 Å². The third-order valence-electron chi connectivity index (χ3n) is 3.85. The summed E-state index contributed by atoms with van der Waals surface area (Å²) in [7, 11) is 0. The molecule has 2 heterocycles. The number of carbonyl (C=O) groups is 1. The van der Waals surface area contributed by atoms with Gasteiger partial charge in [0.15, 0.2) is 0 Å². The Labute approximate surface area is 136 Å². The molecule has 1 aromatic carbocycles. The van der Waals surface area contributed by atoms with E-state index in [0.717, 1.165) is 36.4 Å². The Kier molecular flexibility index (Phi) is 5.21.